The Hall–Kier alpha value is -1.09. The number of rotatable bonds is 2. The van der Waals surface area contributed by atoms with Crippen LogP contribution in [0.2, 0.25) is 0 Å². The zero-order chi connectivity index (χ0) is 11.6. The highest BCUT2D eigenvalue weighted by molar-refractivity contribution is 8.13. The molecule has 0 aliphatic carbocycles. The highest BCUT2D eigenvalue weighted by Gasteiger charge is 2.20. The lowest BCUT2D eigenvalue weighted by atomic mass is 10.1. The fourth-order valence-electron chi connectivity index (χ4n) is 1.37. The molecule has 0 atom stereocenters. The third-order valence-electron chi connectivity index (χ3n) is 1.89. The molecule has 0 aliphatic heterocycles. The van der Waals surface area contributed by atoms with E-state index in [0.717, 1.165) is 5.56 Å². The summed E-state index contributed by atoms with van der Waals surface area (Å²) in [5.74, 6) is 0. The molecule has 1 rings (SSSR count). The SMILES string of the molecule is Cc1cc(C#N)c(S(=O)(=O)Cl)c(CN)c1. The lowest BCUT2D eigenvalue weighted by molar-refractivity contribution is 0.608. The zero-order valence-electron chi connectivity index (χ0n) is 7.99. The van der Waals surface area contributed by atoms with Crippen LogP contribution in [0.5, 0.6) is 0 Å². The van der Waals surface area contributed by atoms with E-state index < -0.39 is 9.05 Å². The van der Waals surface area contributed by atoms with Crippen molar-refractivity contribution in [2.24, 2.45) is 5.73 Å². The maximum Gasteiger partial charge on any atom is 0.262 e. The van der Waals surface area contributed by atoms with Gasteiger partial charge in [-0.3, -0.25) is 0 Å². The minimum atomic E-state index is -3.94. The van der Waals surface area contributed by atoms with Crippen molar-refractivity contribution in [2.75, 3.05) is 0 Å². The van der Waals surface area contributed by atoms with Gasteiger partial charge in [-0.1, -0.05) is 6.07 Å². The monoisotopic (exact) mass is 244 g/mol. The van der Waals surface area contributed by atoms with Crippen LogP contribution in [0.4, 0.5) is 0 Å². The number of benzene rings is 1. The normalized spacial score (nSPS) is 11.1. The molecule has 0 aromatic heterocycles. The van der Waals surface area contributed by atoms with Crippen LogP contribution in [0.15, 0.2) is 17.0 Å². The summed E-state index contributed by atoms with van der Waals surface area (Å²) in [7, 11) is 1.31. The molecule has 0 saturated carbocycles. The summed E-state index contributed by atoms with van der Waals surface area (Å²) in [6.07, 6.45) is 0. The molecule has 0 saturated heterocycles. The van der Waals surface area contributed by atoms with E-state index in [1.165, 1.54) is 6.07 Å². The first kappa shape index (κ1) is 12.0. The summed E-state index contributed by atoms with van der Waals surface area (Å²) < 4.78 is 22.5. The average molecular weight is 245 g/mol. The van der Waals surface area contributed by atoms with Gasteiger partial charge in [0.1, 0.15) is 11.0 Å². The highest BCUT2D eigenvalue weighted by Crippen LogP contribution is 2.25. The average Bonchev–Trinajstić information content (AvgIpc) is 2.14. The van der Waals surface area contributed by atoms with E-state index in [1.54, 1.807) is 19.1 Å². The van der Waals surface area contributed by atoms with Gasteiger partial charge in [0.2, 0.25) is 0 Å². The van der Waals surface area contributed by atoms with Gasteiger partial charge in [-0.15, -0.1) is 0 Å². The second kappa shape index (κ2) is 4.19. The first-order valence-corrected chi connectivity index (χ1v) is 6.39. The minimum Gasteiger partial charge on any atom is -0.326 e. The van der Waals surface area contributed by atoms with E-state index in [4.69, 9.17) is 21.7 Å². The minimum absolute atomic E-state index is 0.0254. The van der Waals surface area contributed by atoms with Gasteiger partial charge in [0.05, 0.1) is 5.56 Å². The van der Waals surface area contributed by atoms with Gasteiger partial charge in [0, 0.05) is 17.2 Å². The third kappa shape index (κ3) is 2.48. The summed E-state index contributed by atoms with van der Waals surface area (Å²) in [5, 5.41) is 8.81. The number of hydrogen-bond acceptors (Lipinski definition) is 4. The molecule has 0 spiro atoms. The number of aryl methyl sites for hydroxylation is 1. The van der Waals surface area contributed by atoms with Gasteiger partial charge >= 0.3 is 0 Å². The van der Waals surface area contributed by atoms with Crippen molar-refractivity contribution in [3.05, 3.63) is 28.8 Å². The molecule has 0 unspecified atom stereocenters. The van der Waals surface area contributed by atoms with Gasteiger partial charge in [0.15, 0.2) is 0 Å². The maximum absolute atomic E-state index is 11.3. The van der Waals surface area contributed by atoms with Crippen molar-refractivity contribution in [1.82, 2.24) is 0 Å². The molecule has 0 amide bonds. The Kier molecular flexibility index (Phi) is 3.35. The van der Waals surface area contributed by atoms with Crippen LogP contribution in [0.25, 0.3) is 0 Å². The second-order valence-electron chi connectivity index (χ2n) is 3.05. The van der Waals surface area contributed by atoms with Gasteiger partial charge in [-0.25, -0.2) is 8.42 Å². The topological polar surface area (TPSA) is 84.0 Å². The van der Waals surface area contributed by atoms with Crippen molar-refractivity contribution < 1.29 is 8.42 Å². The number of hydrogen-bond donors (Lipinski definition) is 1. The predicted octanol–water partition coefficient (Wildman–Crippen LogP) is 1.25. The lowest BCUT2D eigenvalue weighted by Crippen LogP contribution is -2.07. The largest absolute Gasteiger partial charge is 0.326 e. The molecule has 2 N–H and O–H groups in total. The Balaban J connectivity index is 3.69. The molecule has 0 radical (unpaired) electrons. The Bertz CT molecular complexity index is 532. The van der Waals surface area contributed by atoms with Crippen LogP contribution in [0.1, 0.15) is 16.7 Å². The number of nitrogens with zero attached hydrogens (tertiary/aromatic N) is 1. The summed E-state index contributed by atoms with van der Waals surface area (Å²) in [4.78, 5) is -0.181. The molecule has 0 aliphatic rings. The maximum atomic E-state index is 11.3. The molecular weight excluding hydrogens is 236 g/mol. The van der Waals surface area contributed by atoms with Gasteiger partial charge in [-0.05, 0) is 24.1 Å². The van der Waals surface area contributed by atoms with E-state index in [2.05, 4.69) is 0 Å². The number of nitrogens with two attached hydrogens (primary N) is 1. The second-order valence-corrected chi connectivity index (χ2v) is 5.56. The summed E-state index contributed by atoms with van der Waals surface area (Å²) in [6, 6.07) is 4.87. The van der Waals surface area contributed by atoms with Crippen molar-refractivity contribution in [2.45, 2.75) is 18.4 Å². The Morgan fingerprint density at radius 3 is 2.53 bits per heavy atom. The number of nitriles is 1. The van der Waals surface area contributed by atoms with Crippen LogP contribution >= 0.6 is 10.7 Å². The molecule has 80 valence electrons. The standard InChI is InChI=1S/C9H9ClN2O2S/c1-6-2-7(4-11)9(15(10,13)14)8(3-6)5-12/h2-3H,4,11H2,1H3. The Morgan fingerprint density at radius 1 is 1.53 bits per heavy atom. The Morgan fingerprint density at radius 2 is 2.13 bits per heavy atom. The van der Waals surface area contributed by atoms with Crippen molar-refractivity contribution >= 4 is 19.7 Å². The van der Waals surface area contributed by atoms with Crippen LogP contribution in [0, 0.1) is 18.3 Å². The molecule has 4 nitrogen and oxygen atoms in total. The van der Waals surface area contributed by atoms with Crippen LogP contribution < -0.4 is 5.73 Å². The van der Waals surface area contributed by atoms with E-state index in [-0.39, 0.29) is 17.0 Å². The highest BCUT2D eigenvalue weighted by atomic mass is 35.7. The molecule has 0 heterocycles. The summed E-state index contributed by atoms with van der Waals surface area (Å²) in [5.41, 5.74) is 6.58. The van der Waals surface area contributed by atoms with Crippen LogP contribution in [-0.4, -0.2) is 8.42 Å². The molecule has 0 fully saturated rings. The first-order valence-electron chi connectivity index (χ1n) is 4.08. The summed E-state index contributed by atoms with van der Waals surface area (Å²) >= 11 is 0. The third-order valence-corrected chi connectivity index (χ3v) is 3.33. The fourth-order valence-corrected chi connectivity index (χ4v) is 2.74. The smallest absolute Gasteiger partial charge is 0.262 e. The van der Waals surface area contributed by atoms with Crippen molar-refractivity contribution in [1.29, 1.82) is 5.26 Å². The fraction of sp³-hybridized carbons (Fsp3) is 0.222. The van der Waals surface area contributed by atoms with E-state index in [9.17, 15) is 8.42 Å². The quantitative estimate of drug-likeness (QED) is 0.794. The lowest BCUT2D eigenvalue weighted by Gasteiger charge is -2.07. The van der Waals surface area contributed by atoms with Gasteiger partial charge in [-0.2, -0.15) is 5.26 Å². The first-order chi connectivity index (χ1) is 6.90. The predicted molar refractivity (Wildman–Crippen MR) is 56.8 cm³/mol. The van der Waals surface area contributed by atoms with Crippen LogP contribution in [0.3, 0.4) is 0 Å². The van der Waals surface area contributed by atoms with E-state index in [1.807, 2.05) is 0 Å². The molecule has 0 bridgehead atoms. The molecule has 15 heavy (non-hydrogen) atoms. The van der Waals surface area contributed by atoms with Gasteiger partial charge < -0.3 is 5.73 Å². The molecule has 6 heteroatoms. The summed E-state index contributed by atoms with van der Waals surface area (Å²) in [6.45, 7) is 1.78. The van der Waals surface area contributed by atoms with Gasteiger partial charge in [0.25, 0.3) is 9.05 Å². The Labute approximate surface area is 92.7 Å². The number of halogens is 1. The van der Waals surface area contributed by atoms with E-state index in [0.29, 0.717) is 5.56 Å². The van der Waals surface area contributed by atoms with E-state index >= 15 is 0 Å². The molecule has 1 aromatic carbocycles. The van der Waals surface area contributed by atoms with Crippen molar-refractivity contribution in [3.63, 3.8) is 0 Å². The molecule has 1 aromatic rings. The van der Waals surface area contributed by atoms with Crippen LogP contribution in [-0.2, 0) is 15.6 Å². The zero-order valence-corrected chi connectivity index (χ0v) is 9.56. The van der Waals surface area contributed by atoms with Crippen molar-refractivity contribution in [3.8, 4) is 6.07 Å². The molecular formula is C9H9ClN2O2S.